The van der Waals surface area contributed by atoms with Gasteiger partial charge < -0.3 is 0 Å². The fourth-order valence-electron chi connectivity index (χ4n) is 3.06. The summed E-state index contributed by atoms with van der Waals surface area (Å²) in [4.78, 5) is 36.7. The van der Waals surface area contributed by atoms with Crippen LogP contribution in [0.4, 0.5) is 0 Å². The van der Waals surface area contributed by atoms with Gasteiger partial charge in [-0.25, -0.2) is 4.79 Å². The molecule has 1 aromatic carbocycles. The third-order valence-corrected chi connectivity index (χ3v) is 4.28. The molecule has 0 bridgehead atoms. The Bertz CT molecular complexity index is 1060. The van der Waals surface area contributed by atoms with Gasteiger partial charge in [-0.15, -0.1) is 0 Å². The molecule has 2 heterocycles. The van der Waals surface area contributed by atoms with Crippen molar-refractivity contribution in [1.29, 1.82) is 0 Å². The number of hydrogen-bond acceptors (Lipinski definition) is 4. The number of para-hydroxylation sites is 2. The molecule has 0 saturated carbocycles. The van der Waals surface area contributed by atoms with E-state index in [0.717, 1.165) is 16.9 Å². The lowest BCUT2D eigenvalue weighted by atomic mass is 10.3. The minimum Gasteiger partial charge on any atom is -0.292 e. The Hall–Kier alpha value is -3.36. The number of carbonyl (C=O) groups excluding carboxylic acids is 2. The summed E-state index contributed by atoms with van der Waals surface area (Å²) in [7, 11) is 0. The first kappa shape index (κ1) is 18.4. The van der Waals surface area contributed by atoms with Gasteiger partial charge in [-0.3, -0.25) is 34.3 Å². The zero-order valence-corrected chi connectivity index (χ0v) is 15.5. The van der Waals surface area contributed by atoms with Crippen molar-refractivity contribution in [2.24, 2.45) is 0 Å². The van der Waals surface area contributed by atoms with Gasteiger partial charge in [-0.2, -0.15) is 5.10 Å². The van der Waals surface area contributed by atoms with E-state index in [4.69, 9.17) is 0 Å². The molecular formula is C18H22N6O3. The third kappa shape index (κ3) is 3.76. The normalized spacial score (nSPS) is 10.9. The van der Waals surface area contributed by atoms with Crippen molar-refractivity contribution >= 4 is 22.8 Å². The van der Waals surface area contributed by atoms with E-state index in [2.05, 4.69) is 16.0 Å². The lowest BCUT2D eigenvalue weighted by Crippen LogP contribution is -2.45. The number of aryl methyl sites for hydroxylation is 3. The third-order valence-electron chi connectivity index (χ3n) is 4.28. The van der Waals surface area contributed by atoms with Gasteiger partial charge in [0.05, 0.1) is 16.7 Å². The highest BCUT2D eigenvalue weighted by Crippen LogP contribution is 2.12. The summed E-state index contributed by atoms with van der Waals surface area (Å²) in [6.07, 6.45) is 0. The molecule has 0 aliphatic heterocycles. The van der Waals surface area contributed by atoms with E-state index in [9.17, 15) is 14.4 Å². The molecule has 2 amide bonds. The lowest BCUT2D eigenvalue weighted by molar-refractivity contribution is -0.129. The molecule has 9 heteroatoms. The van der Waals surface area contributed by atoms with Crippen LogP contribution in [-0.2, 0) is 29.2 Å². The summed E-state index contributed by atoms with van der Waals surface area (Å²) in [5, 5.41) is 4.20. The van der Waals surface area contributed by atoms with Crippen molar-refractivity contribution < 1.29 is 9.59 Å². The Morgan fingerprint density at radius 2 is 1.59 bits per heavy atom. The van der Waals surface area contributed by atoms with Gasteiger partial charge >= 0.3 is 5.69 Å². The average Bonchev–Trinajstić information content (AvgIpc) is 3.09. The smallest absolute Gasteiger partial charge is 0.292 e. The Labute approximate surface area is 155 Å². The lowest BCUT2D eigenvalue weighted by Gasteiger charge is -2.09. The zero-order chi connectivity index (χ0) is 19.6. The van der Waals surface area contributed by atoms with Crippen molar-refractivity contribution in [3.8, 4) is 0 Å². The van der Waals surface area contributed by atoms with Crippen molar-refractivity contribution in [2.45, 2.75) is 40.4 Å². The van der Waals surface area contributed by atoms with Crippen LogP contribution in [0.5, 0.6) is 0 Å². The number of rotatable bonds is 5. The largest absolute Gasteiger partial charge is 0.329 e. The van der Waals surface area contributed by atoms with Crippen molar-refractivity contribution in [3.05, 3.63) is 52.2 Å². The molecule has 0 spiro atoms. The summed E-state index contributed by atoms with van der Waals surface area (Å²) in [6, 6.07) is 9.15. The molecule has 9 nitrogen and oxygen atoms in total. The van der Waals surface area contributed by atoms with E-state index in [0.29, 0.717) is 12.1 Å². The Morgan fingerprint density at radius 1 is 1.00 bits per heavy atom. The topological polar surface area (TPSA) is 103 Å². The van der Waals surface area contributed by atoms with E-state index in [1.165, 1.54) is 4.57 Å². The van der Waals surface area contributed by atoms with Crippen molar-refractivity contribution in [3.63, 3.8) is 0 Å². The molecule has 0 aliphatic rings. The molecule has 0 unspecified atom stereocenters. The summed E-state index contributed by atoms with van der Waals surface area (Å²) in [6.45, 7) is 5.88. The molecular weight excluding hydrogens is 348 g/mol. The van der Waals surface area contributed by atoms with Gasteiger partial charge in [-0.05, 0) is 39.0 Å². The van der Waals surface area contributed by atoms with Gasteiger partial charge in [0.2, 0.25) is 0 Å². The molecule has 3 aromatic rings. The minimum absolute atomic E-state index is 0.00492. The van der Waals surface area contributed by atoms with Gasteiger partial charge in [0, 0.05) is 12.2 Å². The number of aromatic nitrogens is 4. The van der Waals surface area contributed by atoms with E-state index in [-0.39, 0.29) is 18.8 Å². The van der Waals surface area contributed by atoms with Gasteiger partial charge in [0.15, 0.2) is 0 Å². The maximum atomic E-state index is 12.5. The van der Waals surface area contributed by atoms with Crippen LogP contribution in [0, 0.1) is 13.8 Å². The van der Waals surface area contributed by atoms with Crippen LogP contribution >= 0.6 is 0 Å². The molecule has 142 valence electrons. The van der Waals surface area contributed by atoms with Crippen molar-refractivity contribution in [2.75, 3.05) is 0 Å². The second kappa shape index (κ2) is 7.48. The Morgan fingerprint density at radius 3 is 2.15 bits per heavy atom. The Balaban J connectivity index is 1.65. The van der Waals surface area contributed by atoms with Gasteiger partial charge in [0.25, 0.3) is 11.8 Å². The monoisotopic (exact) mass is 370 g/mol. The van der Waals surface area contributed by atoms with Crippen LogP contribution in [0.1, 0.15) is 18.3 Å². The standard InChI is InChI=1S/C18H22N6O3/c1-4-22-14-7-5-6-8-15(14)23(18(22)27)10-16(25)19-20-17(26)11-24-13(3)9-12(2)21-24/h5-9H,4,10-11H2,1-3H3,(H,19,25)(H,20,26). The zero-order valence-electron chi connectivity index (χ0n) is 15.5. The number of hydrazine groups is 1. The number of carbonyl (C=O) groups is 2. The predicted octanol–water partition coefficient (Wildman–Crippen LogP) is 0.484. The average molecular weight is 370 g/mol. The number of imidazole rings is 1. The van der Waals surface area contributed by atoms with Crippen molar-refractivity contribution in [1.82, 2.24) is 29.8 Å². The number of nitrogens with zero attached hydrogens (tertiary/aromatic N) is 4. The number of fused-ring (bicyclic) bond motifs is 1. The first-order valence-electron chi connectivity index (χ1n) is 8.67. The van der Waals surface area contributed by atoms with Gasteiger partial charge in [-0.1, -0.05) is 12.1 Å². The highest BCUT2D eigenvalue weighted by atomic mass is 16.2. The van der Waals surface area contributed by atoms with Crippen LogP contribution in [-0.4, -0.2) is 30.7 Å². The van der Waals surface area contributed by atoms with Gasteiger partial charge in [0.1, 0.15) is 13.1 Å². The molecule has 0 radical (unpaired) electrons. The molecule has 27 heavy (non-hydrogen) atoms. The van der Waals surface area contributed by atoms with Crippen LogP contribution in [0.2, 0.25) is 0 Å². The quantitative estimate of drug-likeness (QED) is 0.638. The SMILES string of the molecule is CCn1c(=O)n(CC(=O)NNC(=O)Cn2nc(C)cc2C)c2ccccc21. The van der Waals surface area contributed by atoms with Crippen LogP contribution in [0.25, 0.3) is 11.0 Å². The first-order chi connectivity index (χ1) is 12.9. The second-order valence-electron chi connectivity index (χ2n) is 6.28. The first-order valence-corrected chi connectivity index (χ1v) is 8.67. The van der Waals surface area contributed by atoms with Crippen LogP contribution in [0.15, 0.2) is 35.1 Å². The van der Waals surface area contributed by atoms with Crippen LogP contribution < -0.4 is 16.5 Å². The number of nitrogens with one attached hydrogen (secondary N) is 2. The molecule has 0 saturated heterocycles. The highest BCUT2D eigenvalue weighted by Gasteiger charge is 2.15. The molecule has 0 atom stereocenters. The van der Waals surface area contributed by atoms with E-state index >= 15 is 0 Å². The van der Waals surface area contributed by atoms with E-state index in [1.54, 1.807) is 15.3 Å². The minimum atomic E-state index is -0.488. The molecule has 2 aromatic heterocycles. The molecule has 0 aliphatic carbocycles. The molecule has 3 rings (SSSR count). The maximum absolute atomic E-state index is 12.5. The van der Waals surface area contributed by atoms with E-state index in [1.807, 2.05) is 45.0 Å². The fourth-order valence-corrected chi connectivity index (χ4v) is 3.06. The predicted molar refractivity (Wildman–Crippen MR) is 99.9 cm³/mol. The maximum Gasteiger partial charge on any atom is 0.329 e. The summed E-state index contributed by atoms with van der Waals surface area (Å²) >= 11 is 0. The van der Waals surface area contributed by atoms with Crippen LogP contribution in [0.3, 0.4) is 0 Å². The molecule has 0 fully saturated rings. The molecule has 2 N–H and O–H groups in total. The summed E-state index contributed by atoms with van der Waals surface area (Å²) in [5.74, 6) is -0.893. The van der Waals surface area contributed by atoms with E-state index < -0.39 is 11.8 Å². The number of amides is 2. The summed E-state index contributed by atoms with van der Waals surface area (Å²) in [5.41, 5.74) is 7.56. The second-order valence-corrected chi connectivity index (χ2v) is 6.28. The Kier molecular flexibility index (Phi) is 5.11. The number of benzene rings is 1. The summed E-state index contributed by atoms with van der Waals surface area (Å²) < 4.78 is 4.54. The highest BCUT2D eigenvalue weighted by molar-refractivity contribution is 5.83. The fraction of sp³-hybridized carbons (Fsp3) is 0.333. The number of hydrogen-bond donors (Lipinski definition) is 2.